The highest BCUT2D eigenvalue weighted by Crippen LogP contribution is 2.36. The average molecular weight is 367 g/mol. The highest BCUT2D eigenvalue weighted by atomic mass is 35.5. The van der Waals surface area contributed by atoms with Gasteiger partial charge in [0.1, 0.15) is 11.6 Å². The normalized spacial score (nSPS) is 11.5. The molecule has 2 N–H and O–H groups in total. The number of carbonyl (C=O) groups excluding carboxylic acids is 1. The third kappa shape index (κ3) is 3.25. The number of hydrogen-bond donors (Lipinski definition) is 1. The molecular formula is C14H8ClF5N2O2. The summed E-state index contributed by atoms with van der Waals surface area (Å²) < 4.78 is 69.8. The SMILES string of the molecule is COC(=O)c1nc(-c2cc(F)c(C(F)(F)F)cc2F)cc(N)c1Cl. The minimum Gasteiger partial charge on any atom is -0.464 e. The summed E-state index contributed by atoms with van der Waals surface area (Å²) in [4.78, 5) is 15.3. The second-order valence-electron chi connectivity index (χ2n) is 4.56. The maximum Gasteiger partial charge on any atom is 0.419 e. The summed E-state index contributed by atoms with van der Waals surface area (Å²) in [5.41, 5.74) is 2.12. The van der Waals surface area contributed by atoms with Gasteiger partial charge in [-0.05, 0) is 18.2 Å². The van der Waals surface area contributed by atoms with Crippen molar-refractivity contribution in [3.63, 3.8) is 0 Å². The minimum absolute atomic E-state index is 0.00500. The topological polar surface area (TPSA) is 65.2 Å². The van der Waals surface area contributed by atoms with Crippen LogP contribution >= 0.6 is 11.6 Å². The van der Waals surface area contributed by atoms with Gasteiger partial charge in [-0.3, -0.25) is 0 Å². The zero-order valence-corrected chi connectivity index (χ0v) is 12.6. The number of ether oxygens (including phenoxy) is 1. The summed E-state index contributed by atoms with van der Waals surface area (Å²) in [6.07, 6.45) is -5.06. The molecule has 0 saturated carbocycles. The van der Waals surface area contributed by atoms with Crippen molar-refractivity contribution in [2.75, 3.05) is 12.8 Å². The van der Waals surface area contributed by atoms with Crippen LogP contribution in [0.15, 0.2) is 18.2 Å². The molecule has 0 amide bonds. The molecule has 0 atom stereocenters. The molecule has 24 heavy (non-hydrogen) atoms. The first-order valence-electron chi connectivity index (χ1n) is 6.17. The van der Waals surface area contributed by atoms with Crippen molar-refractivity contribution in [2.24, 2.45) is 0 Å². The number of alkyl halides is 3. The number of rotatable bonds is 2. The van der Waals surface area contributed by atoms with Crippen molar-refractivity contribution in [1.82, 2.24) is 4.98 Å². The molecule has 0 radical (unpaired) electrons. The van der Waals surface area contributed by atoms with Gasteiger partial charge in [0, 0.05) is 5.56 Å². The van der Waals surface area contributed by atoms with E-state index >= 15 is 0 Å². The van der Waals surface area contributed by atoms with Gasteiger partial charge in [0.05, 0.1) is 29.1 Å². The van der Waals surface area contributed by atoms with Gasteiger partial charge >= 0.3 is 12.1 Å². The van der Waals surface area contributed by atoms with E-state index in [-0.39, 0.29) is 22.5 Å². The molecule has 0 aliphatic rings. The second kappa shape index (κ2) is 6.23. The summed E-state index contributed by atoms with van der Waals surface area (Å²) in [7, 11) is 1.03. The molecule has 2 aromatic rings. The van der Waals surface area contributed by atoms with Crippen LogP contribution in [0.4, 0.5) is 27.6 Å². The molecule has 128 valence electrons. The Kier molecular flexibility index (Phi) is 4.66. The lowest BCUT2D eigenvalue weighted by molar-refractivity contribution is -0.140. The number of methoxy groups -OCH3 is 1. The number of nitrogen functional groups attached to an aromatic ring is 1. The summed E-state index contributed by atoms with van der Waals surface area (Å²) in [5, 5.41) is -0.279. The first-order valence-corrected chi connectivity index (χ1v) is 6.55. The smallest absolute Gasteiger partial charge is 0.419 e. The lowest BCUT2D eigenvalue weighted by Crippen LogP contribution is -2.11. The lowest BCUT2D eigenvalue weighted by Gasteiger charge is -2.12. The first kappa shape index (κ1) is 17.9. The fraction of sp³-hybridized carbons (Fsp3) is 0.143. The van der Waals surface area contributed by atoms with E-state index < -0.39 is 40.6 Å². The van der Waals surface area contributed by atoms with E-state index in [1.165, 1.54) is 0 Å². The molecule has 0 aliphatic heterocycles. The molecule has 1 aromatic carbocycles. The van der Waals surface area contributed by atoms with Gasteiger partial charge in [-0.1, -0.05) is 11.6 Å². The van der Waals surface area contributed by atoms with Crippen molar-refractivity contribution in [3.8, 4) is 11.3 Å². The van der Waals surface area contributed by atoms with Crippen molar-refractivity contribution < 1.29 is 31.5 Å². The van der Waals surface area contributed by atoms with Crippen molar-refractivity contribution in [3.05, 3.63) is 46.1 Å². The van der Waals surface area contributed by atoms with Crippen LogP contribution < -0.4 is 5.73 Å². The Morgan fingerprint density at radius 3 is 2.38 bits per heavy atom. The van der Waals surface area contributed by atoms with E-state index in [4.69, 9.17) is 17.3 Å². The van der Waals surface area contributed by atoms with Crippen LogP contribution in [-0.2, 0) is 10.9 Å². The Morgan fingerprint density at radius 1 is 1.21 bits per heavy atom. The van der Waals surface area contributed by atoms with E-state index in [9.17, 15) is 26.7 Å². The van der Waals surface area contributed by atoms with Crippen LogP contribution in [0.5, 0.6) is 0 Å². The van der Waals surface area contributed by atoms with E-state index in [0.29, 0.717) is 6.07 Å². The number of anilines is 1. The molecule has 0 spiro atoms. The van der Waals surface area contributed by atoms with Crippen molar-refractivity contribution in [2.45, 2.75) is 6.18 Å². The number of benzene rings is 1. The number of hydrogen-bond acceptors (Lipinski definition) is 4. The molecule has 2 rings (SSSR count). The van der Waals surface area contributed by atoms with Crippen LogP contribution in [0.1, 0.15) is 16.1 Å². The van der Waals surface area contributed by atoms with Gasteiger partial charge in [-0.25, -0.2) is 18.6 Å². The van der Waals surface area contributed by atoms with Gasteiger partial charge in [0.25, 0.3) is 0 Å². The number of nitrogens with zero attached hydrogens (tertiary/aromatic N) is 1. The van der Waals surface area contributed by atoms with Crippen LogP contribution in [-0.4, -0.2) is 18.1 Å². The molecule has 0 fully saturated rings. The molecule has 0 unspecified atom stereocenters. The van der Waals surface area contributed by atoms with Gasteiger partial charge in [-0.15, -0.1) is 0 Å². The number of pyridine rings is 1. The quantitative estimate of drug-likeness (QED) is 0.643. The van der Waals surface area contributed by atoms with Gasteiger partial charge in [0.15, 0.2) is 5.69 Å². The predicted molar refractivity (Wildman–Crippen MR) is 75.4 cm³/mol. The van der Waals surface area contributed by atoms with Gasteiger partial charge in [-0.2, -0.15) is 13.2 Å². The first-order chi connectivity index (χ1) is 11.1. The summed E-state index contributed by atoms with van der Waals surface area (Å²) >= 11 is 5.78. The fourth-order valence-corrected chi connectivity index (χ4v) is 2.05. The zero-order valence-electron chi connectivity index (χ0n) is 11.8. The molecule has 1 aromatic heterocycles. The molecule has 10 heteroatoms. The van der Waals surface area contributed by atoms with Gasteiger partial charge < -0.3 is 10.5 Å². The standard InChI is InChI=1S/C14H8ClF5N2O2/c1-24-13(23)12-11(15)9(21)4-10(22-12)5-2-8(17)6(3-7(5)16)14(18,19)20/h2-4H,1H3,(H2,21,22). The third-order valence-corrected chi connectivity index (χ3v) is 3.40. The maximum absolute atomic E-state index is 14.0. The van der Waals surface area contributed by atoms with Crippen LogP contribution in [0.25, 0.3) is 11.3 Å². The Balaban J connectivity index is 2.67. The van der Waals surface area contributed by atoms with Crippen molar-refractivity contribution >= 4 is 23.3 Å². The highest BCUT2D eigenvalue weighted by molar-refractivity contribution is 6.35. The molecule has 0 aliphatic carbocycles. The largest absolute Gasteiger partial charge is 0.464 e. The number of carbonyl (C=O) groups is 1. The summed E-state index contributed by atoms with van der Waals surface area (Å²) in [6, 6.07) is 1.31. The lowest BCUT2D eigenvalue weighted by atomic mass is 10.1. The third-order valence-electron chi connectivity index (χ3n) is 3.00. The molecular weight excluding hydrogens is 359 g/mol. The Bertz CT molecular complexity index is 824. The van der Waals surface area contributed by atoms with Crippen molar-refractivity contribution in [1.29, 1.82) is 0 Å². The van der Waals surface area contributed by atoms with E-state index in [1.807, 2.05) is 0 Å². The molecule has 0 saturated heterocycles. The van der Waals surface area contributed by atoms with E-state index in [1.54, 1.807) is 0 Å². The summed E-state index contributed by atoms with van der Waals surface area (Å²) in [6.45, 7) is 0. The Morgan fingerprint density at radius 2 is 1.83 bits per heavy atom. The average Bonchev–Trinajstić information content (AvgIpc) is 2.50. The molecule has 1 heterocycles. The second-order valence-corrected chi connectivity index (χ2v) is 4.94. The zero-order chi connectivity index (χ0) is 18.2. The summed E-state index contributed by atoms with van der Waals surface area (Å²) in [5.74, 6) is -4.09. The number of halogens is 6. The number of aromatic nitrogens is 1. The number of nitrogens with two attached hydrogens (primary N) is 1. The van der Waals surface area contributed by atoms with Crippen LogP contribution in [0, 0.1) is 11.6 Å². The monoisotopic (exact) mass is 366 g/mol. The maximum atomic E-state index is 14.0. The minimum atomic E-state index is -5.06. The van der Waals surface area contributed by atoms with E-state index in [2.05, 4.69) is 9.72 Å². The highest BCUT2D eigenvalue weighted by Gasteiger charge is 2.35. The fourth-order valence-electron chi connectivity index (χ4n) is 1.88. The Hall–Kier alpha value is -2.42. The number of esters is 1. The Labute approximate surface area is 137 Å². The van der Waals surface area contributed by atoms with Gasteiger partial charge in [0.2, 0.25) is 0 Å². The molecule has 4 nitrogen and oxygen atoms in total. The van der Waals surface area contributed by atoms with E-state index in [0.717, 1.165) is 13.2 Å². The van der Waals surface area contributed by atoms with Crippen LogP contribution in [0.3, 0.4) is 0 Å². The van der Waals surface area contributed by atoms with Crippen LogP contribution in [0.2, 0.25) is 5.02 Å². The molecule has 0 bridgehead atoms. The predicted octanol–water partition coefficient (Wildman–Crippen LogP) is 4.07.